The van der Waals surface area contributed by atoms with E-state index in [1.807, 2.05) is 0 Å². The number of rotatable bonds is 6. The van der Waals surface area contributed by atoms with Crippen molar-refractivity contribution in [3.8, 4) is 0 Å². The molecule has 0 N–H and O–H groups in total. The van der Waals surface area contributed by atoms with Crippen molar-refractivity contribution in [1.29, 1.82) is 0 Å². The van der Waals surface area contributed by atoms with Crippen molar-refractivity contribution < 1.29 is 53.6 Å². The number of cyclic esters (lactones) is 1. The highest BCUT2D eigenvalue weighted by molar-refractivity contribution is 7.91. The third kappa shape index (κ3) is 6.84. The highest BCUT2D eigenvalue weighted by Gasteiger charge is 2.44. The van der Waals surface area contributed by atoms with Crippen LogP contribution in [0.15, 0.2) is 30.5 Å². The third-order valence-electron chi connectivity index (χ3n) is 7.35. The van der Waals surface area contributed by atoms with Crippen LogP contribution >= 0.6 is 0 Å². The van der Waals surface area contributed by atoms with Gasteiger partial charge in [-0.2, -0.15) is 39.5 Å². The van der Waals surface area contributed by atoms with Crippen LogP contribution < -0.4 is 4.90 Å². The van der Waals surface area contributed by atoms with Crippen LogP contribution in [0.5, 0.6) is 0 Å². The number of aromatic nitrogens is 1. The molecule has 2 atom stereocenters. The number of hydrogen-bond acceptors (Lipinski definition) is 5. The van der Waals surface area contributed by atoms with E-state index in [0.717, 1.165) is 11.0 Å². The van der Waals surface area contributed by atoms with Gasteiger partial charge in [-0.1, -0.05) is 11.2 Å². The van der Waals surface area contributed by atoms with Gasteiger partial charge in [-0.3, -0.25) is 4.90 Å². The predicted octanol–water partition coefficient (Wildman–Crippen LogP) is 6.96. The molecule has 1 amide bonds. The van der Waals surface area contributed by atoms with E-state index in [-0.39, 0.29) is 23.5 Å². The number of ether oxygens (including phenoxy) is 1. The van der Waals surface area contributed by atoms with E-state index in [1.54, 1.807) is 11.8 Å². The molecule has 1 aromatic carbocycles. The minimum absolute atomic E-state index is 0.0390. The molecule has 2 fully saturated rings. The van der Waals surface area contributed by atoms with Crippen LogP contribution in [-0.4, -0.2) is 50.7 Å². The molecule has 3 heterocycles. The zero-order valence-electron chi connectivity index (χ0n) is 22.2. The van der Waals surface area contributed by atoms with Crippen molar-refractivity contribution in [1.82, 2.24) is 9.88 Å². The lowest BCUT2D eigenvalue weighted by molar-refractivity contribution is -0.143. The van der Waals surface area contributed by atoms with Crippen LogP contribution in [0.25, 0.3) is 0 Å². The Labute approximate surface area is 238 Å². The molecular formula is C26H26F9N3O3S. The molecule has 4 rings (SSSR count). The standard InChI is InChI=1S/C26H26F9N3O3S/c1-3-37(20-4-6-42(40)7-5-20)22-16(10-19(12-36-22)26(33,34)35)13-38-14(2)21(41-23(38)39)15-8-17(24(27,28)29)11-18(9-15)25(30,31)32/h8-12,14,20-21H,3-7,13H2,1-2H3/t14-,20?,21-,42?/m0/s1. The molecule has 2 saturated heterocycles. The normalized spacial score (nSPS) is 23.7. The van der Waals surface area contributed by atoms with Crippen molar-refractivity contribution in [3.63, 3.8) is 0 Å². The average Bonchev–Trinajstić information content (AvgIpc) is 3.17. The molecule has 6 nitrogen and oxygen atoms in total. The minimum Gasteiger partial charge on any atom is -0.616 e. The maximum atomic E-state index is 13.6. The van der Waals surface area contributed by atoms with Gasteiger partial charge in [-0.15, -0.1) is 0 Å². The first-order valence-corrected chi connectivity index (χ1v) is 14.3. The molecule has 42 heavy (non-hydrogen) atoms. The second-order valence-electron chi connectivity index (χ2n) is 10.1. The average molecular weight is 632 g/mol. The number of halogens is 9. The van der Waals surface area contributed by atoms with E-state index in [0.29, 0.717) is 49.2 Å². The molecule has 2 aliphatic heterocycles. The Bertz CT molecular complexity index is 1260. The Kier molecular flexibility index (Phi) is 8.89. The zero-order chi connectivity index (χ0) is 31.2. The molecule has 0 bridgehead atoms. The Morgan fingerprint density at radius 2 is 1.50 bits per heavy atom. The van der Waals surface area contributed by atoms with Gasteiger partial charge in [-0.25, -0.2) is 9.78 Å². The van der Waals surface area contributed by atoms with Crippen LogP contribution in [0.3, 0.4) is 0 Å². The number of pyridine rings is 1. The highest BCUT2D eigenvalue weighted by atomic mass is 32.2. The van der Waals surface area contributed by atoms with E-state index < -0.39 is 76.7 Å². The number of anilines is 1. The molecule has 2 aromatic rings. The van der Waals surface area contributed by atoms with Gasteiger partial charge in [0.15, 0.2) is 0 Å². The maximum absolute atomic E-state index is 13.6. The van der Waals surface area contributed by atoms with Gasteiger partial charge in [-0.05, 0) is 43.7 Å². The summed E-state index contributed by atoms with van der Waals surface area (Å²) < 4.78 is 138. The summed E-state index contributed by atoms with van der Waals surface area (Å²) in [5.74, 6) is 0.918. The van der Waals surface area contributed by atoms with Gasteiger partial charge in [0, 0.05) is 37.2 Å². The third-order valence-corrected chi connectivity index (χ3v) is 8.73. The molecule has 0 spiro atoms. The van der Waals surface area contributed by atoms with Gasteiger partial charge < -0.3 is 14.2 Å². The Morgan fingerprint density at radius 1 is 0.952 bits per heavy atom. The van der Waals surface area contributed by atoms with E-state index in [9.17, 15) is 48.9 Å². The van der Waals surface area contributed by atoms with E-state index >= 15 is 0 Å². The van der Waals surface area contributed by atoms with Crippen molar-refractivity contribution in [2.24, 2.45) is 0 Å². The van der Waals surface area contributed by atoms with E-state index in [2.05, 4.69) is 4.98 Å². The van der Waals surface area contributed by atoms with Crippen LogP contribution in [0.1, 0.15) is 60.6 Å². The van der Waals surface area contributed by atoms with Gasteiger partial charge in [0.1, 0.15) is 23.4 Å². The first-order valence-electron chi connectivity index (χ1n) is 12.8. The summed E-state index contributed by atoms with van der Waals surface area (Å²) in [5.41, 5.74) is -4.89. The predicted molar refractivity (Wildman–Crippen MR) is 134 cm³/mol. The molecule has 1 aromatic heterocycles. The fourth-order valence-corrected chi connectivity index (χ4v) is 6.47. The van der Waals surface area contributed by atoms with Crippen molar-refractivity contribution in [3.05, 3.63) is 58.3 Å². The maximum Gasteiger partial charge on any atom is 0.417 e. The fourth-order valence-electron chi connectivity index (χ4n) is 5.19. The number of alkyl halides is 9. The Hall–Kier alpha value is -2.88. The van der Waals surface area contributed by atoms with Crippen LogP contribution in [0.4, 0.5) is 50.1 Å². The number of nitrogens with zero attached hydrogens (tertiary/aromatic N) is 3. The number of amides is 1. The summed E-state index contributed by atoms with van der Waals surface area (Å²) in [6.45, 7) is 2.87. The summed E-state index contributed by atoms with van der Waals surface area (Å²) in [5, 5.41) is 0. The van der Waals surface area contributed by atoms with Crippen molar-refractivity contribution >= 4 is 23.1 Å². The first kappa shape index (κ1) is 32.0. The molecular weight excluding hydrogens is 605 g/mol. The molecule has 0 saturated carbocycles. The van der Waals surface area contributed by atoms with Gasteiger partial charge in [0.05, 0.1) is 29.3 Å². The second kappa shape index (κ2) is 11.7. The van der Waals surface area contributed by atoms with Gasteiger partial charge in [0.2, 0.25) is 0 Å². The van der Waals surface area contributed by atoms with Crippen molar-refractivity contribution in [2.75, 3.05) is 23.0 Å². The summed E-state index contributed by atoms with van der Waals surface area (Å²) in [7, 11) is 0. The smallest absolute Gasteiger partial charge is 0.417 e. The van der Waals surface area contributed by atoms with E-state index in [4.69, 9.17) is 4.74 Å². The molecule has 0 radical (unpaired) electrons. The van der Waals surface area contributed by atoms with Gasteiger partial charge in [0.25, 0.3) is 0 Å². The molecule has 16 heteroatoms. The van der Waals surface area contributed by atoms with Gasteiger partial charge >= 0.3 is 24.6 Å². The number of carbonyl (C=O) groups is 1. The second-order valence-corrected chi connectivity index (χ2v) is 11.8. The first-order chi connectivity index (χ1) is 19.4. The number of hydrogen-bond donors (Lipinski definition) is 0. The lowest BCUT2D eigenvalue weighted by atomic mass is 9.97. The Morgan fingerprint density at radius 3 is 2.00 bits per heavy atom. The summed E-state index contributed by atoms with van der Waals surface area (Å²) in [6, 6.07) is 0.315. The van der Waals surface area contributed by atoms with E-state index in [1.165, 1.54) is 6.92 Å². The number of benzene rings is 1. The summed E-state index contributed by atoms with van der Waals surface area (Å²) in [6.07, 6.45) is -16.1. The molecule has 0 aliphatic carbocycles. The lowest BCUT2D eigenvalue weighted by Gasteiger charge is -2.36. The largest absolute Gasteiger partial charge is 0.616 e. The topological polar surface area (TPSA) is 68.7 Å². The molecule has 0 unspecified atom stereocenters. The zero-order valence-corrected chi connectivity index (χ0v) is 23.1. The van der Waals surface area contributed by atoms with Crippen LogP contribution in [0, 0.1) is 0 Å². The Balaban J connectivity index is 1.71. The van der Waals surface area contributed by atoms with Crippen LogP contribution in [0.2, 0.25) is 0 Å². The summed E-state index contributed by atoms with van der Waals surface area (Å²) >= 11 is -1.01. The molecule has 232 valence electrons. The minimum atomic E-state index is -5.13. The van der Waals surface area contributed by atoms with Crippen LogP contribution in [-0.2, 0) is 41.0 Å². The summed E-state index contributed by atoms with van der Waals surface area (Å²) in [4.78, 5) is 19.6. The quantitative estimate of drug-likeness (QED) is 0.255. The SMILES string of the molecule is CCN(c1ncc(C(F)(F)F)cc1CN1C(=O)O[C@H](c2cc(C(F)(F)F)cc(C(F)(F)F)c2)[C@@H]1C)C1CC[S+]([O-])CC1. The monoisotopic (exact) mass is 631 g/mol. The number of carbonyl (C=O) groups excluding carboxylic acids is 1. The van der Waals surface area contributed by atoms with Crippen molar-refractivity contribution in [2.45, 2.75) is 70.0 Å². The lowest BCUT2D eigenvalue weighted by Crippen LogP contribution is -2.42. The highest BCUT2D eigenvalue weighted by Crippen LogP contribution is 2.42. The fraction of sp³-hybridized carbons (Fsp3) is 0.538. The molecule has 2 aliphatic rings.